The number of carbonyl (C=O) groups is 1. The van der Waals surface area contributed by atoms with Gasteiger partial charge >= 0.3 is 5.97 Å². The summed E-state index contributed by atoms with van der Waals surface area (Å²) < 4.78 is 21.3. The molecule has 0 aliphatic heterocycles. The monoisotopic (exact) mass is 330 g/mol. The van der Waals surface area contributed by atoms with E-state index in [1.165, 1.54) is 0 Å². The summed E-state index contributed by atoms with van der Waals surface area (Å²) >= 11 is 0. The molecule has 0 amide bonds. The fraction of sp³-hybridized carbons (Fsp3) is 0.316. The van der Waals surface area contributed by atoms with Gasteiger partial charge in [-0.05, 0) is 36.6 Å². The largest absolute Gasteiger partial charge is 0.496 e. The summed E-state index contributed by atoms with van der Waals surface area (Å²) in [7, 11) is 1.66. The number of hydrogen-bond acceptors (Lipinski definition) is 5. The van der Waals surface area contributed by atoms with Gasteiger partial charge in [0.2, 0.25) is 0 Å². The van der Waals surface area contributed by atoms with Crippen LogP contribution in [0.3, 0.4) is 0 Å². The van der Waals surface area contributed by atoms with Gasteiger partial charge < -0.3 is 18.9 Å². The van der Waals surface area contributed by atoms with Gasteiger partial charge in [0.05, 0.1) is 20.3 Å². The molecule has 5 nitrogen and oxygen atoms in total. The molecule has 2 aromatic carbocycles. The van der Waals surface area contributed by atoms with E-state index in [9.17, 15) is 4.79 Å². The number of benzene rings is 2. The molecule has 0 aromatic heterocycles. The van der Waals surface area contributed by atoms with E-state index in [1.54, 1.807) is 14.0 Å². The topological polar surface area (TPSA) is 54.0 Å². The van der Waals surface area contributed by atoms with Crippen molar-refractivity contribution in [2.45, 2.75) is 6.92 Å². The maximum absolute atomic E-state index is 11.2. The van der Waals surface area contributed by atoms with Gasteiger partial charge in [-0.25, -0.2) is 4.79 Å². The van der Waals surface area contributed by atoms with Crippen LogP contribution in [0, 0.1) is 0 Å². The lowest BCUT2D eigenvalue weighted by molar-refractivity contribution is -0.140. The summed E-state index contributed by atoms with van der Waals surface area (Å²) in [5.74, 6) is 1.21. The molecular weight excluding hydrogens is 308 g/mol. The smallest absolute Gasteiger partial charge is 0.333 e. The Morgan fingerprint density at radius 3 is 2.62 bits per heavy atom. The zero-order chi connectivity index (χ0) is 17.4. The average Bonchev–Trinajstić information content (AvgIpc) is 2.59. The molecule has 0 saturated carbocycles. The van der Waals surface area contributed by atoms with Crippen molar-refractivity contribution < 1.29 is 23.7 Å². The second-order valence-electron chi connectivity index (χ2n) is 5.22. The van der Waals surface area contributed by atoms with Crippen molar-refractivity contribution in [2.75, 3.05) is 33.5 Å². The van der Waals surface area contributed by atoms with Crippen LogP contribution in [0.25, 0.3) is 10.8 Å². The van der Waals surface area contributed by atoms with Gasteiger partial charge in [-0.1, -0.05) is 18.7 Å². The molecule has 0 saturated heterocycles. The van der Waals surface area contributed by atoms with Crippen LogP contribution in [-0.4, -0.2) is 39.5 Å². The van der Waals surface area contributed by atoms with Gasteiger partial charge in [-0.2, -0.15) is 0 Å². The Kier molecular flexibility index (Phi) is 6.63. The second kappa shape index (κ2) is 8.93. The van der Waals surface area contributed by atoms with Crippen LogP contribution < -0.4 is 9.47 Å². The van der Waals surface area contributed by atoms with Crippen molar-refractivity contribution in [1.82, 2.24) is 0 Å². The van der Waals surface area contributed by atoms with E-state index in [1.807, 2.05) is 36.4 Å². The Labute approximate surface area is 141 Å². The van der Waals surface area contributed by atoms with E-state index in [0.29, 0.717) is 25.4 Å². The molecule has 0 atom stereocenters. The minimum Gasteiger partial charge on any atom is -0.496 e. The van der Waals surface area contributed by atoms with Gasteiger partial charge in [-0.15, -0.1) is 0 Å². The molecular formula is C19H22O5. The predicted molar refractivity (Wildman–Crippen MR) is 92.6 cm³/mol. The summed E-state index contributed by atoms with van der Waals surface area (Å²) in [6, 6.07) is 11.7. The number of esters is 1. The van der Waals surface area contributed by atoms with Crippen molar-refractivity contribution in [1.29, 1.82) is 0 Å². The van der Waals surface area contributed by atoms with Crippen LogP contribution in [0.5, 0.6) is 11.5 Å². The lowest BCUT2D eigenvalue weighted by Crippen LogP contribution is -2.13. The molecule has 128 valence electrons. The van der Waals surface area contributed by atoms with Crippen LogP contribution in [0.2, 0.25) is 0 Å². The first-order chi connectivity index (χ1) is 11.6. The second-order valence-corrected chi connectivity index (χ2v) is 5.22. The summed E-state index contributed by atoms with van der Waals surface area (Å²) in [6.07, 6.45) is 0. The van der Waals surface area contributed by atoms with Gasteiger partial charge in [-0.3, -0.25) is 0 Å². The maximum Gasteiger partial charge on any atom is 0.333 e. The third-order valence-electron chi connectivity index (χ3n) is 3.34. The first kappa shape index (κ1) is 17.8. The molecule has 0 spiro atoms. The number of fused-ring (bicyclic) bond motifs is 1. The van der Waals surface area contributed by atoms with Crippen molar-refractivity contribution >= 4 is 16.7 Å². The standard InChI is InChI=1S/C19H22O5/c1-14(2)19(20)24-12-10-22-9-11-23-16-7-8-17-15(13-16)5-4-6-18(17)21-3/h4-8,13H,1,9-12H2,2-3H3. The van der Waals surface area contributed by atoms with E-state index >= 15 is 0 Å². The third kappa shape index (κ3) is 4.99. The molecule has 5 heteroatoms. The Hall–Kier alpha value is -2.53. The molecule has 0 heterocycles. The van der Waals surface area contributed by atoms with E-state index < -0.39 is 5.97 Å². The zero-order valence-electron chi connectivity index (χ0n) is 14.0. The zero-order valence-corrected chi connectivity index (χ0v) is 14.0. The molecule has 2 aromatic rings. The van der Waals surface area contributed by atoms with Gasteiger partial charge in [0, 0.05) is 11.0 Å². The Bertz CT molecular complexity index is 708. The molecule has 0 unspecified atom stereocenters. The van der Waals surface area contributed by atoms with E-state index in [-0.39, 0.29) is 6.61 Å². The number of carbonyl (C=O) groups excluding carboxylic acids is 1. The summed E-state index contributed by atoms with van der Waals surface area (Å²) in [4.78, 5) is 11.2. The van der Waals surface area contributed by atoms with Gasteiger partial charge in [0.15, 0.2) is 0 Å². The molecule has 0 N–H and O–H groups in total. The highest BCUT2D eigenvalue weighted by atomic mass is 16.6. The highest BCUT2D eigenvalue weighted by Crippen LogP contribution is 2.28. The molecule has 0 fully saturated rings. The summed E-state index contributed by atoms with van der Waals surface area (Å²) in [5, 5.41) is 2.10. The number of hydrogen-bond donors (Lipinski definition) is 0. The predicted octanol–water partition coefficient (Wildman–Crippen LogP) is 3.36. The van der Waals surface area contributed by atoms with Crippen molar-refractivity contribution in [3.05, 3.63) is 48.6 Å². The first-order valence-electron chi connectivity index (χ1n) is 7.72. The minimum absolute atomic E-state index is 0.210. The Morgan fingerprint density at radius 1 is 1.08 bits per heavy atom. The van der Waals surface area contributed by atoms with Crippen molar-refractivity contribution in [3.63, 3.8) is 0 Å². The fourth-order valence-electron chi connectivity index (χ4n) is 2.14. The maximum atomic E-state index is 11.2. The van der Waals surface area contributed by atoms with Crippen molar-refractivity contribution in [3.8, 4) is 11.5 Å². The van der Waals surface area contributed by atoms with Crippen LogP contribution in [0.4, 0.5) is 0 Å². The Balaban J connectivity index is 1.72. The minimum atomic E-state index is -0.401. The molecule has 0 aliphatic rings. The fourth-order valence-corrected chi connectivity index (χ4v) is 2.14. The molecule has 2 rings (SSSR count). The van der Waals surface area contributed by atoms with Crippen molar-refractivity contribution in [2.24, 2.45) is 0 Å². The van der Waals surface area contributed by atoms with Crippen LogP contribution in [-0.2, 0) is 14.3 Å². The third-order valence-corrected chi connectivity index (χ3v) is 3.34. The normalized spacial score (nSPS) is 10.4. The van der Waals surface area contributed by atoms with E-state index in [4.69, 9.17) is 18.9 Å². The first-order valence-corrected chi connectivity index (χ1v) is 7.72. The molecule has 0 radical (unpaired) electrons. The van der Waals surface area contributed by atoms with Crippen LogP contribution in [0.1, 0.15) is 6.92 Å². The van der Waals surface area contributed by atoms with Gasteiger partial charge in [0.25, 0.3) is 0 Å². The summed E-state index contributed by atoms with van der Waals surface area (Å²) in [6.45, 7) is 6.49. The highest BCUT2D eigenvalue weighted by Gasteiger charge is 2.03. The molecule has 0 bridgehead atoms. The lowest BCUT2D eigenvalue weighted by Gasteiger charge is -2.10. The average molecular weight is 330 g/mol. The quantitative estimate of drug-likeness (QED) is 0.401. The molecule has 0 aliphatic carbocycles. The number of rotatable bonds is 9. The molecule has 24 heavy (non-hydrogen) atoms. The lowest BCUT2D eigenvalue weighted by atomic mass is 10.1. The number of methoxy groups -OCH3 is 1. The summed E-state index contributed by atoms with van der Waals surface area (Å²) in [5.41, 5.74) is 0.381. The van der Waals surface area contributed by atoms with Gasteiger partial charge in [0.1, 0.15) is 24.7 Å². The van der Waals surface area contributed by atoms with Crippen LogP contribution >= 0.6 is 0 Å². The van der Waals surface area contributed by atoms with E-state index in [0.717, 1.165) is 22.3 Å². The van der Waals surface area contributed by atoms with E-state index in [2.05, 4.69) is 6.58 Å². The SMILES string of the molecule is C=C(C)C(=O)OCCOCCOc1ccc2c(OC)cccc2c1. The number of ether oxygens (including phenoxy) is 4. The Morgan fingerprint density at radius 2 is 1.88 bits per heavy atom. The van der Waals surface area contributed by atoms with Crippen LogP contribution in [0.15, 0.2) is 48.6 Å². The highest BCUT2D eigenvalue weighted by molar-refractivity contribution is 5.89.